The molecule has 1 aromatic carbocycles. The summed E-state index contributed by atoms with van der Waals surface area (Å²) in [6.45, 7) is 5.74. The van der Waals surface area contributed by atoms with Gasteiger partial charge in [-0.1, -0.05) is 57.0 Å². The van der Waals surface area contributed by atoms with Gasteiger partial charge in [0, 0.05) is 25.7 Å². The summed E-state index contributed by atoms with van der Waals surface area (Å²) in [6, 6.07) is 9.65. The van der Waals surface area contributed by atoms with Crippen LogP contribution in [0.2, 0.25) is 0 Å². The lowest BCUT2D eigenvalue weighted by Crippen LogP contribution is -2.43. The number of nitrogens with two attached hydrogens (primary N) is 1. The number of carbonyl (C=O) groups excluding carboxylic acids is 1. The van der Waals surface area contributed by atoms with Crippen molar-refractivity contribution in [1.82, 2.24) is 14.9 Å². The molecule has 0 aliphatic carbocycles. The van der Waals surface area contributed by atoms with Gasteiger partial charge in [-0.3, -0.25) is 4.79 Å². The monoisotopic (exact) mass is 400 g/mol. The number of hydrogen-bond donors (Lipinski definition) is 2. The van der Waals surface area contributed by atoms with Gasteiger partial charge in [0.1, 0.15) is 0 Å². The molecule has 0 radical (unpaired) electrons. The van der Waals surface area contributed by atoms with Crippen LogP contribution in [-0.4, -0.2) is 28.0 Å². The first-order valence-corrected chi connectivity index (χ1v) is 8.70. The highest BCUT2D eigenvalue weighted by atomic mass is 35.5. The molecule has 146 valence electrons. The van der Waals surface area contributed by atoms with E-state index in [-0.39, 0.29) is 30.7 Å². The predicted molar refractivity (Wildman–Crippen MR) is 111 cm³/mol. The molecule has 3 N–H and O–H groups in total. The van der Waals surface area contributed by atoms with Crippen molar-refractivity contribution >= 4 is 30.7 Å². The molecule has 0 aliphatic rings. The number of halogens is 2. The number of benzene rings is 1. The molecule has 7 heteroatoms. The van der Waals surface area contributed by atoms with E-state index in [0.29, 0.717) is 18.9 Å². The van der Waals surface area contributed by atoms with Crippen LogP contribution in [0.5, 0.6) is 0 Å². The Labute approximate surface area is 168 Å². The first-order chi connectivity index (χ1) is 11.6. The van der Waals surface area contributed by atoms with E-state index in [0.717, 1.165) is 25.1 Å². The molecule has 1 heterocycles. The third-order valence-corrected chi connectivity index (χ3v) is 4.38. The number of nitrogens with one attached hydrogen (secondary N) is 1. The van der Waals surface area contributed by atoms with Gasteiger partial charge in [-0.15, -0.1) is 24.8 Å². The molecule has 0 saturated heterocycles. The van der Waals surface area contributed by atoms with Gasteiger partial charge in [-0.25, -0.2) is 4.98 Å². The van der Waals surface area contributed by atoms with Crippen LogP contribution in [0, 0.1) is 5.92 Å². The Hall–Kier alpha value is -1.56. The molecule has 1 atom stereocenters. The lowest BCUT2D eigenvalue weighted by molar-refractivity contribution is -0.122. The van der Waals surface area contributed by atoms with Gasteiger partial charge in [0.25, 0.3) is 0 Å². The first-order valence-electron chi connectivity index (χ1n) is 8.70. The fourth-order valence-corrected chi connectivity index (χ4v) is 2.66. The zero-order valence-corrected chi connectivity index (χ0v) is 17.1. The fraction of sp³-hybridized carbons (Fsp3) is 0.474. The van der Waals surface area contributed by atoms with Gasteiger partial charge < -0.3 is 15.6 Å². The van der Waals surface area contributed by atoms with Crippen molar-refractivity contribution < 1.29 is 4.79 Å². The van der Waals surface area contributed by atoms with E-state index < -0.39 is 6.04 Å². The third kappa shape index (κ3) is 7.77. The summed E-state index contributed by atoms with van der Waals surface area (Å²) in [5.74, 6) is 0.422. The summed E-state index contributed by atoms with van der Waals surface area (Å²) in [5.41, 5.74) is 8.08. The van der Waals surface area contributed by atoms with Crippen molar-refractivity contribution in [2.24, 2.45) is 11.7 Å². The van der Waals surface area contributed by atoms with E-state index in [4.69, 9.17) is 5.73 Å². The van der Waals surface area contributed by atoms with Gasteiger partial charge >= 0.3 is 0 Å². The van der Waals surface area contributed by atoms with Crippen LogP contribution in [-0.2, 0) is 17.8 Å². The maximum absolute atomic E-state index is 12.1. The molecule has 0 spiro atoms. The van der Waals surface area contributed by atoms with Crippen LogP contribution >= 0.6 is 24.8 Å². The van der Waals surface area contributed by atoms with E-state index in [9.17, 15) is 4.79 Å². The molecule has 26 heavy (non-hydrogen) atoms. The van der Waals surface area contributed by atoms with Crippen molar-refractivity contribution in [1.29, 1.82) is 0 Å². The topological polar surface area (TPSA) is 72.9 Å². The average Bonchev–Trinajstić information content (AvgIpc) is 3.03. The maximum atomic E-state index is 12.1. The van der Waals surface area contributed by atoms with Crippen LogP contribution in [0.1, 0.15) is 37.9 Å². The minimum Gasteiger partial charge on any atom is -0.354 e. The van der Waals surface area contributed by atoms with Crippen LogP contribution in [0.4, 0.5) is 0 Å². The van der Waals surface area contributed by atoms with Gasteiger partial charge in [0.2, 0.25) is 5.91 Å². The van der Waals surface area contributed by atoms with Gasteiger partial charge in [-0.05, 0) is 11.5 Å². The highest BCUT2D eigenvalue weighted by molar-refractivity contribution is 5.85. The van der Waals surface area contributed by atoms with Crippen molar-refractivity contribution in [2.75, 3.05) is 6.54 Å². The summed E-state index contributed by atoms with van der Waals surface area (Å²) in [4.78, 5) is 16.5. The number of aromatic nitrogens is 2. The Morgan fingerprint density at radius 2 is 1.85 bits per heavy atom. The highest BCUT2D eigenvalue weighted by Gasteiger charge is 2.16. The van der Waals surface area contributed by atoms with Crippen molar-refractivity contribution in [3.05, 3.63) is 54.1 Å². The lowest BCUT2D eigenvalue weighted by atomic mass is 10.0. The van der Waals surface area contributed by atoms with Gasteiger partial charge in [-0.2, -0.15) is 0 Å². The normalized spacial score (nSPS) is 11.4. The number of nitrogens with zero attached hydrogens (tertiary/aromatic N) is 2. The summed E-state index contributed by atoms with van der Waals surface area (Å²) in [6.07, 6.45) is 6.33. The molecule has 0 unspecified atom stereocenters. The Morgan fingerprint density at radius 1 is 1.19 bits per heavy atom. The standard InChI is InChI=1S/C19H28N4O.2ClH/c1-3-15(4-2)11-21-19(24)18(20)10-17-13-23(14-22-17)12-16-8-6-5-7-9-16;;/h5-9,13-15,18H,3-4,10-12,20H2,1-2H3,(H,21,24);2*1H/t18-;;/m0../s1. The number of rotatable bonds is 9. The van der Waals surface area contributed by atoms with Crippen LogP contribution in [0.25, 0.3) is 0 Å². The van der Waals surface area contributed by atoms with Crippen LogP contribution < -0.4 is 11.1 Å². The number of amides is 1. The molecule has 2 rings (SSSR count). The minimum absolute atomic E-state index is 0. The van der Waals surface area contributed by atoms with Crippen molar-refractivity contribution in [2.45, 2.75) is 45.7 Å². The minimum atomic E-state index is -0.556. The molecule has 1 amide bonds. The zero-order chi connectivity index (χ0) is 17.4. The van der Waals surface area contributed by atoms with Crippen molar-refractivity contribution in [3.8, 4) is 0 Å². The predicted octanol–water partition coefficient (Wildman–Crippen LogP) is 3.20. The smallest absolute Gasteiger partial charge is 0.237 e. The molecule has 0 saturated carbocycles. The maximum Gasteiger partial charge on any atom is 0.237 e. The van der Waals surface area contributed by atoms with E-state index >= 15 is 0 Å². The van der Waals surface area contributed by atoms with Crippen molar-refractivity contribution in [3.63, 3.8) is 0 Å². The molecule has 1 aromatic heterocycles. The molecular weight excluding hydrogens is 371 g/mol. The quantitative estimate of drug-likeness (QED) is 0.678. The average molecular weight is 401 g/mol. The summed E-state index contributed by atoms with van der Waals surface area (Å²) < 4.78 is 2.01. The molecule has 0 aliphatic heterocycles. The molecule has 0 bridgehead atoms. The second kappa shape index (κ2) is 12.7. The lowest BCUT2D eigenvalue weighted by Gasteiger charge is -2.16. The SMILES string of the molecule is CCC(CC)CNC(=O)[C@@H](N)Cc1cn(Cc2ccccc2)cn1.Cl.Cl. The first kappa shape index (κ1) is 24.4. The van der Waals surface area contributed by atoms with Crippen LogP contribution in [0.3, 0.4) is 0 Å². The highest BCUT2D eigenvalue weighted by Crippen LogP contribution is 2.07. The van der Waals surface area contributed by atoms with Gasteiger partial charge in [0.15, 0.2) is 0 Å². The van der Waals surface area contributed by atoms with E-state index in [1.807, 2.05) is 29.0 Å². The largest absolute Gasteiger partial charge is 0.354 e. The second-order valence-corrected chi connectivity index (χ2v) is 6.26. The Morgan fingerprint density at radius 3 is 2.46 bits per heavy atom. The molecular formula is C19H30Cl2N4O. The number of imidazole rings is 1. The summed E-state index contributed by atoms with van der Waals surface area (Å²) in [7, 11) is 0. The van der Waals surface area contributed by atoms with E-state index in [1.165, 1.54) is 5.56 Å². The molecule has 2 aromatic rings. The Kier molecular flexibility index (Phi) is 12.0. The Bertz CT molecular complexity index is 629. The van der Waals surface area contributed by atoms with Gasteiger partial charge in [0.05, 0.1) is 18.1 Å². The third-order valence-electron chi connectivity index (χ3n) is 4.38. The zero-order valence-electron chi connectivity index (χ0n) is 15.4. The summed E-state index contributed by atoms with van der Waals surface area (Å²) >= 11 is 0. The number of hydrogen-bond acceptors (Lipinski definition) is 3. The molecule has 0 fully saturated rings. The van der Waals surface area contributed by atoms with Crippen LogP contribution in [0.15, 0.2) is 42.9 Å². The second-order valence-electron chi connectivity index (χ2n) is 6.26. The summed E-state index contributed by atoms with van der Waals surface area (Å²) in [5, 5.41) is 2.95. The Balaban J connectivity index is 0.00000312. The number of carbonyl (C=O) groups is 1. The fourth-order valence-electron chi connectivity index (χ4n) is 2.66. The van der Waals surface area contributed by atoms with E-state index in [1.54, 1.807) is 6.33 Å². The molecule has 5 nitrogen and oxygen atoms in total. The van der Waals surface area contributed by atoms with E-state index in [2.05, 4.69) is 36.3 Å².